The maximum Gasteiger partial charge on any atom is 0.306 e. The topological polar surface area (TPSA) is 95.9 Å². The van der Waals surface area contributed by atoms with E-state index in [1.807, 2.05) is 0 Å². The molecule has 0 rings (SSSR count). The number of carbonyl (C=O) groups is 2. The third-order valence-corrected chi connectivity index (χ3v) is 12.8. The lowest BCUT2D eigenvalue weighted by atomic mass is 10.0. The summed E-state index contributed by atoms with van der Waals surface area (Å²) in [6.07, 6.45) is 69.6. The Hall–Kier alpha value is -2.70. The molecule has 6 nitrogen and oxygen atoms in total. The summed E-state index contributed by atoms with van der Waals surface area (Å²) in [6.45, 7) is 6.43. The molecule has 0 aliphatic rings. The maximum atomic E-state index is 13.3. The molecule has 6 heteroatoms. The smallest absolute Gasteiger partial charge is 0.306 e. The van der Waals surface area contributed by atoms with Gasteiger partial charge in [-0.15, -0.1) is 0 Å². The number of allylic oxidation sites excluding steroid dienone is 12. The van der Waals surface area contributed by atoms with Gasteiger partial charge < -0.3 is 20.3 Å². The first-order valence-corrected chi connectivity index (χ1v) is 28.7. The van der Waals surface area contributed by atoms with Gasteiger partial charge in [-0.25, -0.2) is 0 Å². The number of amides is 1. The molecular weight excluding hydrogens is 827 g/mol. The highest BCUT2D eigenvalue weighted by atomic mass is 16.5. The van der Waals surface area contributed by atoms with Gasteiger partial charge in [-0.1, -0.05) is 235 Å². The summed E-state index contributed by atoms with van der Waals surface area (Å²) in [5, 5.41) is 23.9. The third-order valence-electron chi connectivity index (χ3n) is 12.8. The highest BCUT2D eigenvalue weighted by molar-refractivity contribution is 5.77. The van der Waals surface area contributed by atoms with Crippen LogP contribution in [0.5, 0.6) is 0 Å². The van der Waals surface area contributed by atoms with Gasteiger partial charge in [0.25, 0.3) is 0 Å². The molecule has 3 unspecified atom stereocenters. The molecule has 3 atom stereocenters. The lowest BCUT2D eigenvalue weighted by Crippen LogP contribution is -2.46. The van der Waals surface area contributed by atoms with Gasteiger partial charge in [-0.3, -0.25) is 9.59 Å². The minimum atomic E-state index is -0.806. The van der Waals surface area contributed by atoms with Crippen molar-refractivity contribution in [2.75, 3.05) is 6.61 Å². The number of aliphatic hydroxyl groups excluding tert-OH is 2. The van der Waals surface area contributed by atoms with E-state index in [9.17, 15) is 19.8 Å². The average Bonchev–Trinajstić information content (AvgIpc) is 3.32. The van der Waals surface area contributed by atoms with Crippen LogP contribution in [0.1, 0.15) is 278 Å². The van der Waals surface area contributed by atoms with E-state index >= 15 is 0 Å². The molecule has 0 bridgehead atoms. The van der Waals surface area contributed by atoms with Gasteiger partial charge in [0.05, 0.1) is 25.2 Å². The van der Waals surface area contributed by atoms with E-state index in [1.165, 1.54) is 135 Å². The number of rotatable bonds is 51. The summed E-state index contributed by atoms with van der Waals surface area (Å²) in [4.78, 5) is 26.3. The average molecular weight is 937 g/mol. The van der Waals surface area contributed by atoms with Gasteiger partial charge in [0, 0.05) is 6.42 Å². The molecule has 0 aromatic carbocycles. The molecule has 0 radical (unpaired) electrons. The van der Waals surface area contributed by atoms with Crippen molar-refractivity contribution in [3.63, 3.8) is 0 Å². The van der Waals surface area contributed by atoms with Crippen molar-refractivity contribution < 1.29 is 24.5 Å². The number of hydrogen-bond acceptors (Lipinski definition) is 5. The van der Waals surface area contributed by atoms with Crippen molar-refractivity contribution in [1.82, 2.24) is 5.32 Å². The lowest BCUT2D eigenvalue weighted by Gasteiger charge is -2.24. The predicted octanol–water partition coefficient (Wildman–Crippen LogP) is 17.7. The second-order valence-corrected chi connectivity index (χ2v) is 19.3. The van der Waals surface area contributed by atoms with Gasteiger partial charge in [-0.2, -0.15) is 0 Å². The van der Waals surface area contributed by atoms with E-state index < -0.39 is 18.2 Å². The van der Waals surface area contributed by atoms with Crippen molar-refractivity contribution >= 4 is 11.9 Å². The van der Waals surface area contributed by atoms with Crippen LogP contribution < -0.4 is 5.32 Å². The number of aliphatic hydroxyl groups is 2. The van der Waals surface area contributed by atoms with Crippen LogP contribution in [-0.4, -0.2) is 46.9 Å². The molecule has 0 heterocycles. The van der Waals surface area contributed by atoms with Gasteiger partial charge in [0.15, 0.2) is 0 Å². The zero-order valence-corrected chi connectivity index (χ0v) is 44.3. The standard InChI is InChI=1S/C61H109NO5/c1-4-7-10-13-16-19-22-25-28-30-33-36-39-42-45-48-51-54-61(66)67-57(52-49-46-43-40-37-34-31-27-24-21-18-15-12-9-6-3)55-60(65)62-58(56-63)59(64)53-50-47-44-41-38-35-32-29-26-23-20-17-14-11-8-5-2/h16,18-19,21,25,27-28,31,33,36-37,40,57-59,63-64H,4-15,17,20,22-24,26,29-30,32,34-35,38-39,41-56H2,1-3H3,(H,62,65)/b19-16-,21-18-,28-25-,31-27-,36-33-,40-37-. The van der Waals surface area contributed by atoms with Crippen LogP contribution in [0.25, 0.3) is 0 Å². The predicted molar refractivity (Wildman–Crippen MR) is 291 cm³/mol. The van der Waals surface area contributed by atoms with Gasteiger partial charge >= 0.3 is 5.97 Å². The second-order valence-electron chi connectivity index (χ2n) is 19.3. The van der Waals surface area contributed by atoms with Crippen LogP contribution in [0.15, 0.2) is 72.9 Å². The quantitative estimate of drug-likeness (QED) is 0.0321. The van der Waals surface area contributed by atoms with E-state index in [1.54, 1.807) is 0 Å². The van der Waals surface area contributed by atoms with Crippen LogP contribution >= 0.6 is 0 Å². The first-order valence-electron chi connectivity index (χ1n) is 28.7. The van der Waals surface area contributed by atoms with Crippen molar-refractivity contribution in [3.05, 3.63) is 72.9 Å². The van der Waals surface area contributed by atoms with Crippen molar-refractivity contribution in [3.8, 4) is 0 Å². The fourth-order valence-electron chi connectivity index (χ4n) is 8.39. The van der Waals surface area contributed by atoms with Gasteiger partial charge in [-0.05, 0) is 103 Å². The molecule has 67 heavy (non-hydrogen) atoms. The summed E-state index contributed by atoms with van der Waals surface area (Å²) >= 11 is 0. The summed E-state index contributed by atoms with van der Waals surface area (Å²) in [5.41, 5.74) is 0. The van der Waals surface area contributed by atoms with Gasteiger partial charge in [0.1, 0.15) is 6.10 Å². The van der Waals surface area contributed by atoms with Crippen LogP contribution in [0.2, 0.25) is 0 Å². The normalized spacial score (nSPS) is 13.7. The minimum Gasteiger partial charge on any atom is -0.462 e. The Labute approximate surface area is 415 Å². The lowest BCUT2D eigenvalue weighted by molar-refractivity contribution is -0.151. The largest absolute Gasteiger partial charge is 0.462 e. The van der Waals surface area contributed by atoms with Crippen LogP contribution in [0.3, 0.4) is 0 Å². The molecule has 0 saturated heterocycles. The molecule has 0 spiro atoms. The molecule has 0 aliphatic carbocycles. The Morgan fingerprint density at radius 2 is 0.761 bits per heavy atom. The summed E-state index contributed by atoms with van der Waals surface area (Å²) < 4.78 is 5.93. The minimum absolute atomic E-state index is 0.0406. The Balaban J connectivity index is 4.65. The highest BCUT2D eigenvalue weighted by Crippen LogP contribution is 2.17. The molecule has 0 aromatic rings. The van der Waals surface area contributed by atoms with Gasteiger partial charge in [0.2, 0.25) is 5.91 Å². The van der Waals surface area contributed by atoms with E-state index in [4.69, 9.17) is 4.74 Å². The summed E-state index contributed by atoms with van der Waals surface area (Å²) in [5.74, 6) is -0.534. The van der Waals surface area contributed by atoms with E-state index in [0.29, 0.717) is 19.3 Å². The SMILES string of the molecule is CCCCC/C=C\C/C=C\C/C=C\CCCCCCC(=O)OC(CCCC/C=C\C/C=C\C/C=C\CCCCC)CC(=O)NC(CO)C(O)CCCCCCCCCCCCCCCCCC. The zero-order valence-electron chi connectivity index (χ0n) is 44.3. The number of hydrogen-bond donors (Lipinski definition) is 3. The van der Waals surface area contributed by atoms with E-state index in [2.05, 4.69) is 99.0 Å². The number of carbonyl (C=O) groups excluding carboxylic acids is 2. The number of esters is 1. The summed E-state index contributed by atoms with van der Waals surface area (Å²) in [7, 11) is 0. The van der Waals surface area contributed by atoms with Crippen LogP contribution in [-0.2, 0) is 14.3 Å². The third kappa shape index (κ3) is 49.5. The molecule has 0 aromatic heterocycles. The van der Waals surface area contributed by atoms with Crippen molar-refractivity contribution in [2.45, 2.75) is 296 Å². The fourth-order valence-corrected chi connectivity index (χ4v) is 8.39. The zero-order chi connectivity index (χ0) is 48.8. The molecule has 388 valence electrons. The highest BCUT2D eigenvalue weighted by Gasteiger charge is 2.24. The number of ether oxygens (including phenoxy) is 1. The molecule has 1 amide bonds. The Kier molecular flexibility index (Phi) is 52.1. The fraction of sp³-hybridized carbons (Fsp3) is 0.770. The number of unbranched alkanes of at least 4 members (excludes halogenated alkanes) is 27. The molecule has 3 N–H and O–H groups in total. The van der Waals surface area contributed by atoms with Crippen LogP contribution in [0, 0.1) is 0 Å². The Bertz CT molecular complexity index is 1230. The maximum absolute atomic E-state index is 13.3. The first kappa shape index (κ1) is 64.3. The Morgan fingerprint density at radius 3 is 1.19 bits per heavy atom. The Morgan fingerprint density at radius 1 is 0.433 bits per heavy atom. The monoisotopic (exact) mass is 936 g/mol. The van der Waals surface area contributed by atoms with E-state index in [-0.39, 0.29) is 24.9 Å². The van der Waals surface area contributed by atoms with Crippen molar-refractivity contribution in [1.29, 1.82) is 0 Å². The molecule has 0 aliphatic heterocycles. The van der Waals surface area contributed by atoms with E-state index in [0.717, 1.165) is 96.3 Å². The first-order chi connectivity index (χ1) is 33.0. The second kappa shape index (κ2) is 54.2. The van der Waals surface area contributed by atoms with Crippen LogP contribution in [0.4, 0.5) is 0 Å². The molecule has 0 saturated carbocycles. The summed E-state index contributed by atoms with van der Waals surface area (Å²) in [6, 6.07) is -0.722. The number of nitrogens with one attached hydrogen (secondary N) is 1. The molecular formula is C61H109NO5. The molecule has 0 fully saturated rings. The van der Waals surface area contributed by atoms with Crippen molar-refractivity contribution in [2.24, 2.45) is 0 Å².